The van der Waals surface area contributed by atoms with E-state index in [1.807, 2.05) is 54.6 Å². The molecule has 0 spiro atoms. The number of hydrogen-bond donors (Lipinski definition) is 1. The minimum atomic E-state index is 0.716. The number of hydrogen-bond acceptors (Lipinski definition) is 3. The van der Waals surface area contributed by atoms with E-state index in [0.29, 0.717) is 5.82 Å². The van der Waals surface area contributed by atoms with Gasteiger partial charge in [0.2, 0.25) is 0 Å². The van der Waals surface area contributed by atoms with Crippen LogP contribution in [0, 0.1) is 0 Å². The Labute approximate surface area is 114 Å². The van der Waals surface area contributed by atoms with Crippen LogP contribution in [0.1, 0.15) is 5.56 Å². The molecule has 1 aromatic carbocycles. The fraction of sp³-hybridized carbons (Fsp3) is 0. The van der Waals surface area contributed by atoms with Gasteiger partial charge in [-0.1, -0.05) is 36.4 Å². The molecular weight excluding hydrogens is 290 g/mol. The highest BCUT2D eigenvalue weighted by molar-refractivity contribution is 9.12. The van der Waals surface area contributed by atoms with Crippen molar-refractivity contribution in [3.8, 4) is 0 Å². The van der Waals surface area contributed by atoms with Crippen LogP contribution in [0.15, 0.2) is 64.3 Å². The molecule has 0 atom stereocenters. The van der Waals surface area contributed by atoms with Crippen LogP contribution in [0.4, 0.5) is 5.82 Å². The van der Waals surface area contributed by atoms with Gasteiger partial charge < -0.3 is 0 Å². The average molecular weight is 302 g/mol. The number of pyridine rings is 1. The molecule has 90 valence electrons. The van der Waals surface area contributed by atoms with Gasteiger partial charge in [-0.05, 0) is 39.7 Å². The Morgan fingerprint density at radius 2 is 1.89 bits per heavy atom. The molecule has 1 N–H and O–H groups in total. The van der Waals surface area contributed by atoms with Crippen LogP contribution < -0.4 is 5.43 Å². The molecule has 0 bridgehead atoms. The van der Waals surface area contributed by atoms with E-state index < -0.39 is 0 Å². The van der Waals surface area contributed by atoms with Gasteiger partial charge in [-0.3, -0.25) is 5.43 Å². The number of nitrogens with zero attached hydrogens (tertiary/aromatic N) is 2. The maximum atomic E-state index is 4.10. The number of hydrazone groups is 1. The second-order valence-corrected chi connectivity index (χ2v) is 4.44. The molecule has 18 heavy (non-hydrogen) atoms. The molecule has 1 heterocycles. The number of anilines is 1. The molecule has 0 radical (unpaired) electrons. The number of benzene rings is 1. The van der Waals surface area contributed by atoms with Gasteiger partial charge in [0.15, 0.2) is 0 Å². The molecule has 0 aliphatic carbocycles. The van der Waals surface area contributed by atoms with Crippen LogP contribution in [0.2, 0.25) is 0 Å². The van der Waals surface area contributed by atoms with E-state index in [4.69, 9.17) is 0 Å². The first-order valence-electron chi connectivity index (χ1n) is 5.47. The molecule has 0 aliphatic heterocycles. The summed E-state index contributed by atoms with van der Waals surface area (Å²) in [6.45, 7) is 0. The van der Waals surface area contributed by atoms with E-state index >= 15 is 0 Å². The second-order valence-electron chi connectivity index (χ2n) is 3.52. The zero-order valence-electron chi connectivity index (χ0n) is 9.62. The molecule has 0 fully saturated rings. The quantitative estimate of drug-likeness (QED) is 0.686. The highest BCUT2D eigenvalue weighted by Gasteiger charge is 1.90. The van der Waals surface area contributed by atoms with Gasteiger partial charge in [0.25, 0.3) is 0 Å². The van der Waals surface area contributed by atoms with E-state index in [0.717, 1.165) is 10.0 Å². The summed E-state index contributed by atoms with van der Waals surface area (Å²) in [5, 5.41) is 4.09. The Morgan fingerprint density at radius 1 is 1.11 bits per heavy atom. The molecule has 2 aromatic rings. The maximum Gasteiger partial charge on any atom is 0.146 e. The number of aromatic nitrogens is 1. The van der Waals surface area contributed by atoms with Gasteiger partial charge in [-0.15, -0.1) is 0 Å². The van der Waals surface area contributed by atoms with E-state index in [2.05, 4.69) is 31.4 Å². The summed E-state index contributed by atoms with van der Waals surface area (Å²) in [7, 11) is 0. The summed E-state index contributed by atoms with van der Waals surface area (Å²) in [4.78, 5) is 4.10. The van der Waals surface area contributed by atoms with Crippen molar-refractivity contribution in [2.24, 2.45) is 5.10 Å². The summed E-state index contributed by atoms with van der Waals surface area (Å²) < 4.78 is 0.886. The van der Waals surface area contributed by atoms with Crippen molar-refractivity contribution in [3.05, 3.63) is 64.8 Å². The van der Waals surface area contributed by atoms with Crippen molar-refractivity contribution < 1.29 is 0 Å². The highest BCUT2D eigenvalue weighted by atomic mass is 79.9. The molecule has 2 rings (SSSR count). The second kappa shape index (κ2) is 6.71. The smallest absolute Gasteiger partial charge is 0.146 e. The maximum absolute atomic E-state index is 4.10. The molecule has 0 saturated heterocycles. The van der Waals surface area contributed by atoms with E-state index in [1.165, 1.54) is 0 Å². The molecular formula is C14H12BrN3. The monoisotopic (exact) mass is 301 g/mol. The van der Waals surface area contributed by atoms with Crippen molar-refractivity contribution in [1.82, 2.24) is 4.98 Å². The molecule has 4 heteroatoms. The zero-order valence-corrected chi connectivity index (χ0v) is 11.2. The van der Waals surface area contributed by atoms with Crippen molar-refractivity contribution in [3.63, 3.8) is 0 Å². The van der Waals surface area contributed by atoms with Gasteiger partial charge >= 0.3 is 0 Å². The van der Waals surface area contributed by atoms with E-state index in [1.54, 1.807) is 12.4 Å². The van der Waals surface area contributed by atoms with Crippen molar-refractivity contribution in [2.45, 2.75) is 0 Å². The molecule has 1 aromatic heterocycles. The Balaban J connectivity index is 1.95. The Hall–Kier alpha value is -1.94. The van der Waals surface area contributed by atoms with Gasteiger partial charge in [-0.2, -0.15) is 5.10 Å². The topological polar surface area (TPSA) is 37.3 Å². The lowest BCUT2D eigenvalue weighted by Gasteiger charge is -1.97. The highest BCUT2D eigenvalue weighted by Crippen LogP contribution is 2.10. The van der Waals surface area contributed by atoms with Crippen LogP contribution in [0.25, 0.3) is 6.08 Å². The van der Waals surface area contributed by atoms with Gasteiger partial charge in [0.05, 0.1) is 6.21 Å². The zero-order chi connectivity index (χ0) is 12.6. The fourth-order valence-electron chi connectivity index (χ4n) is 1.33. The lowest BCUT2D eigenvalue weighted by molar-refractivity contribution is 1.23. The number of nitrogens with one attached hydrogen (secondary N) is 1. The molecule has 3 nitrogen and oxygen atoms in total. The van der Waals surface area contributed by atoms with Crippen LogP contribution in [0.5, 0.6) is 0 Å². The van der Waals surface area contributed by atoms with E-state index in [-0.39, 0.29) is 0 Å². The third kappa shape index (κ3) is 4.14. The Kier molecular flexibility index (Phi) is 4.67. The lowest BCUT2D eigenvalue weighted by Crippen LogP contribution is -1.91. The first-order chi connectivity index (χ1) is 8.84. The minimum Gasteiger partial charge on any atom is -0.261 e. The van der Waals surface area contributed by atoms with Crippen LogP contribution in [0.3, 0.4) is 0 Å². The summed E-state index contributed by atoms with van der Waals surface area (Å²) in [6.07, 6.45) is 5.40. The standard InChI is InChI=1S/C14H12BrN3/c15-13(10-12-6-2-1-3-7-12)11-17-18-14-8-4-5-9-16-14/h1-11H,(H,16,18)/b13-10-,17-11-. The fourth-order valence-corrected chi connectivity index (χ4v) is 1.70. The first kappa shape index (κ1) is 12.5. The third-order valence-electron chi connectivity index (χ3n) is 2.14. The summed E-state index contributed by atoms with van der Waals surface area (Å²) in [6, 6.07) is 15.7. The lowest BCUT2D eigenvalue weighted by atomic mass is 10.2. The van der Waals surface area contributed by atoms with Gasteiger partial charge in [0.1, 0.15) is 5.82 Å². The van der Waals surface area contributed by atoms with Crippen molar-refractivity contribution in [2.75, 3.05) is 5.43 Å². The van der Waals surface area contributed by atoms with Crippen LogP contribution in [-0.2, 0) is 0 Å². The van der Waals surface area contributed by atoms with Crippen molar-refractivity contribution >= 4 is 34.0 Å². The van der Waals surface area contributed by atoms with Crippen LogP contribution in [-0.4, -0.2) is 11.2 Å². The minimum absolute atomic E-state index is 0.716. The predicted octanol–water partition coefficient (Wildman–Crippen LogP) is 3.92. The Bertz CT molecular complexity index is 535. The number of halogens is 1. The SMILES string of the molecule is BrC(/C=N\Nc1ccccn1)=C\c1ccccc1. The van der Waals surface area contributed by atoms with Crippen LogP contribution >= 0.6 is 15.9 Å². The van der Waals surface area contributed by atoms with Crippen molar-refractivity contribution in [1.29, 1.82) is 0 Å². The summed E-state index contributed by atoms with van der Waals surface area (Å²) in [5.74, 6) is 0.716. The number of rotatable bonds is 4. The van der Waals surface area contributed by atoms with Gasteiger partial charge in [0, 0.05) is 10.7 Å². The van der Waals surface area contributed by atoms with E-state index in [9.17, 15) is 0 Å². The molecule has 0 aliphatic rings. The first-order valence-corrected chi connectivity index (χ1v) is 6.26. The number of allylic oxidation sites excluding steroid dienone is 1. The largest absolute Gasteiger partial charge is 0.261 e. The molecule has 0 saturated carbocycles. The third-order valence-corrected chi connectivity index (χ3v) is 2.57. The molecule has 0 unspecified atom stereocenters. The van der Waals surface area contributed by atoms with Gasteiger partial charge in [-0.25, -0.2) is 4.98 Å². The predicted molar refractivity (Wildman–Crippen MR) is 79.7 cm³/mol. The molecule has 0 amide bonds. The normalized spacial score (nSPS) is 11.7. The summed E-state index contributed by atoms with van der Waals surface area (Å²) >= 11 is 3.44. The average Bonchev–Trinajstić information content (AvgIpc) is 2.41. The summed E-state index contributed by atoms with van der Waals surface area (Å²) in [5.41, 5.74) is 3.97. The Morgan fingerprint density at radius 3 is 2.61 bits per heavy atom.